The second-order valence-corrected chi connectivity index (χ2v) is 7.14. The lowest BCUT2D eigenvalue weighted by Gasteiger charge is -2.27. The fraction of sp³-hybridized carbons (Fsp3) is 0.842. The fourth-order valence-corrected chi connectivity index (χ4v) is 3.57. The Morgan fingerprint density at radius 3 is 2.35 bits per heavy atom. The van der Waals surface area contributed by atoms with Crippen molar-refractivity contribution in [1.29, 1.82) is 0 Å². The van der Waals surface area contributed by atoms with Gasteiger partial charge in [-0.1, -0.05) is 24.5 Å². The highest BCUT2D eigenvalue weighted by molar-refractivity contribution is 5.81. The molecule has 0 aliphatic heterocycles. The zero-order valence-corrected chi connectivity index (χ0v) is 14.5. The Bertz CT molecular complexity index is 383. The van der Waals surface area contributed by atoms with Gasteiger partial charge in [0.15, 0.2) is 0 Å². The van der Waals surface area contributed by atoms with E-state index in [1.54, 1.807) is 7.11 Å². The number of methoxy groups -OCH3 is 1. The minimum Gasteiger partial charge on any atom is -0.481 e. The van der Waals surface area contributed by atoms with E-state index in [1.807, 2.05) is 6.08 Å². The molecule has 0 amide bonds. The quantitative estimate of drug-likeness (QED) is 0.435. The van der Waals surface area contributed by atoms with Gasteiger partial charge < -0.3 is 14.6 Å². The average Bonchev–Trinajstić information content (AvgIpc) is 3.32. The van der Waals surface area contributed by atoms with Crippen molar-refractivity contribution in [2.45, 2.75) is 57.8 Å². The Labute approximate surface area is 140 Å². The molecule has 1 atom stereocenters. The van der Waals surface area contributed by atoms with Gasteiger partial charge in [-0.25, -0.2) is 0 Å². The first-order valence-corrected chi connectivity index (χ1v) is 9.20. The molecule has 132 valence electrons. The van der Waals surface area contributed by atoms with Crippen LogP contribution >= 0.6 is 0 Å². The molecule has 0 aromatic heterocycles. The summed E-state index contributed by atoms with van der Waals surface area (Å²) in [7, 11) is 1.79. The monoisotopic (exact) mass is 324 g/mol. The van der Waals surface area contributed by atoms with Crippen molar-refractivity contribution < 1.29 is 19.4 Å². The Kier molecular flexibility index (Phi) is 8.10. The largest absolute Gasteiger partial charge is 0.481 e. The van der Waals surface area contributed by atoms with Gasteiger partial charge in [-0.3, -0.25) is 4.79 Å². The van der Waals surface area contributed by atoms with Crippen molar-refractivity contribution in [3.63, 3.8) is 0 Å². The molecule has 4 heteroatoms. The summed E-state index contributed by atoms with van der Waals surface area (Å²) in [5.74, 6) is 0.582. The molecule has 1 saturated carbocycles. The van der Waals surface area contributed by atoms with E-state index in [0.29, 0.717) is 0 Å². The van der Waals surface area contributed by atoms with Crippen molar-refractivity contribution in [3.05, 3.63) is 11.6 Å². The number of aliphatic carboxylic acids is 1. The van der Waals surface area contributed by atoms with E-state index in [4.69, 9.17) is 14.6 Å². The molecule has 23 heavy (non-hydrogen) atoms. The van der Waals surface area contributed by atoms with Crippen LogP contribution in [0.2, 0.25) is 0 Å². The van der Waals surface area contributed by atoms with Crippen LogP contribution in [0.15, 0.2) is 11.6 Å². The van der Waals surface area contributed by atoms with E-state index < -0.39 is 5.97 Å². The van der Waals surface area contributed by atoms with Gasteiger partial charge in [0.2, 0.25) is 0 Å². The molecule has 2 rings (SSSR count). The Hall–Kier alpha value is -0.870. The third-order valence-corrected chi connectivity index (χ3v) is 5.16. The molecule has 1 N–H and O–H groups in total. The number of carboxylic acids is 1. The molecule has 1 fully saturated rings. The van der Waals surface area contributed by atoms with Crippen molar-refractivity contribution in [3.8, 4) is 0 Å². The maximum absolute atomic E-state index is 10.7. The van der Waals surface area contributed by atoms with E-state index >= 15 is 0 Å². The van der Waals surface area contributed by atoms with Crippen LogP contribution in [-0.2, 0) is 14.3 Å². The van der Waals surface area contributed by atoms with Gasteiger partial charge in [-0.2, -0.15) is 0 Å². The topological polar surface area (TPSA) is 55.8 Å². The van der Waals surface area contributed by atoms with Gasteiger partial charge in [0.25, 0.3) is 0 Å². The Morgan fingerprint density at radius 1 is 1.09 bits per heavy atom. The van der Waals surface area contributed by atoms with E-state index in [-0.39, 0.29) is 5.92 Å². The molecule has 0 radical (unpaired) electrons. The number of unbranched alkanes of at least 4 members (excludes halogenated alkanes) is 3. The van der Waals surface area contributed by atoms with Gasteiger partial charge in [0.1, 0.15) is 0 Å². The smallest absolute Gasteiger partial charge is 0.314 e. The van der Waals surface area contributed by atoms with Crippen molar-refractivity contribution in [1.82, 2.24) is 0 Å². The highest BCUT2D eigenvalue weighted by atomic mass is 16.5. The summed E-state index contributed by atoms with van der Waals surface area (Å²) in [6, 6.07) is 0. The minimum absolute atomic E-state index is 0.239. The van der Waals surface area contributed by atoms with Gasteiger partial charge in [-0.15, -0.1) is 0 Å². The fourth-order valence-electron chi connectivity index (χ4n) is 3.57. The molecule has 4 nitrogen and oxygen atoms in total. The first-order chi connectivity index (χ1) is 11.2. The highest BCUT2D eigenvalue weighted by Crippen LogP contribution is 2.33. The highest BCUT2D eigenvalue weighted by Gasteiger charge is 2.30. The predicted molar refractivity (Wildman–Crippen MR) is 90.4 cm³/mol. The second-order valence-electron chi connectivity index (χ2n) is 7.14. The molecule has 2 aliphatic rings. The van der Waals surface area contributed by atoms with Crippen LogP contribution in [0, 0.1) is 17.8 Å². The lowest BCUT2D eigenvalue weighted by atomic mass is 9.83. The number of hydrogen-bond donors (Lipinski definition) is 1. The molecule has 0 aromatic rings. The van der Waals surface area contributed by atoms with Crippen LogP contribution in [0.5, 0.6) is 0 Å². The summed E-state index contributed by atoms with van der Waals surface area (Å²) >= 11 is 0. The lowest BCUT2D eigenvalue weighted by molar-refractivity contribution is -0.137. The number of hydrogen-bond acceptors (Lipinski definition) is 3. The van der Waals surface area contributed by atoms with Gasteiger partial charge >= 0.3 is 5.97 Å². The molecule has 0 bridgehead atoms. The summed E-state index contributed by atoms with van der Waals surface area (Å²) in [5.41, 5.74) is 1.12. The number of rotatable bonds is 12. The predicted octanol–water partition coefficient (Wildman–Crippen LogP) is 4.05. The normalized spacial score (nSPS) is 26.8. The van der Waals surface area contributed by atoms with Gasteiger partial charge in [0.05, 0.1) is 5.92 Å². The summed E-state index contributed by atoms with van der Waals surface area (Å²) in [6.45, 7) is 2.71. The Morgan fingerprint density at radius 2 is 1.74 bits per heavy atom. The molecule has 0 saturated heterocycles. The standard InChI is InChI=1S/C19H32O4/c1-22-13-15-7-9-16(10-8-15)14-23-11-5-3-2-4-6-17-12-18(17)19(20)21/h12,15-16,18H,2-11,13-14H2,1H3,(H,20,21)/t15?,16?,18-/m1/s1. The molecular weight excluding hydrogens is 292 g/mol. The van der Waals surface area contributed by atoms with Crippen LogP contribution in [0.3, 0.4) is 0 Å². The molecule has 0 aromatic carbocycles. The van der Waals surface area contributed by atoms with E-state index in [2.05, 4.69) is 0 Å². The number of ether oxygens (including phenoxy) is 2. The van der Waals surface area contributed by atoms with Crippen LogP contribution < -0.4 is 0 Å². The van der Waals surface area contributed by atoms with Gasteiger partial charge in [0, 0.05) is 26.9 Å². The van der Waals surface area contributed by atoms with Crippen LogP contribution in [-0.4, -0.2) is 38.0 Å². The van der Waals surface area contributed by atoms with E-state index in [9.17, 15) is 4.79 Å². The average molecular weight is 324 g/mol. The Balaban J connectivity index is 1.35. The van der Waals surface area contributed by atoms with Crippen molar-refractivity contribution in [2.24, 2.45) is 17.8 Å². The molecule has 0 heterocycles. The first kappa shape index (κ1) is 18.5. The summed E-state index contributed by atoms with van der Waals surface area (Å²) in [4.78, 5) is 10.7. The summed E-state index contributed by atoms with van der Waals surface area (Å²) in [5, 5.41) is 8.80. The summed E-state index contributed by atoms with van der Waals surface area (Å²) < 4.78 is 11.1. The third kappa shape index (κ3) is 7.05. The maximum Gasteiger partial charge on any atom is 0.314 e. The second kappa shape index (κ2) is 10.1. The van der Waals surface area contributed by atoms with Crippen molar-refractivity contribution >= 4 is 5.97 Å². The lowest BCUT2D eigenvalue weighted by Crippen LogP contribution is -2.21. The molecule has 0 spiro atoms. The van der Waals surface area contributed by atoms with Crippen LogP contribution in [0.1, 0.15) is 57.8 Å². The van der Waals surface area contributed by atoms with E-state index in [1.165, 1.54) is 38.5 Å². The molecule has 0 unspecified atom stereocenters. The first-order valence-electron chi connectivity index (χ1n) is 9.20. The molecular formula is C19H32O4. The summed E-state index contributed by atoms with van der Waals surface area (Å²) in [6.07, 6.45) is 12.6. The maximum atomic E-state index is 10.7. The van der Waals surface area contributed by atoms with Gasteiger partial charge in [-0.05, 0) is 56.8 Å². The third-order valence-electron chi connectivity index (χ3n) is 5.16. The zero-order chi connectivity index (χ0) is 16.5. The number of carbonyl (C=O) groups is 1. The van der Waals surface area contributed by atoms with Crippen molar-refractivity contribution in [2.75, 3.05) is 26.9 Å². The van der Waals surface area contributed by atoms with Crippen LogP contribution in [0.4, 0.5) is 0 Å². The zero-order valence-electron chi connectivity index (χ0n) is 14.5. The van der Waals surface area contributed by atoms with E-state index in [0.717, 1.165) is 56.5 Å². The SMILES string of the molecule is COCC1CCC(COCCCCCCC2=C[C@H]2C(=O)O)CC1. The number of carboxylic acid groups (broad SMARTS) is 1. The molecule has 2 aliphatic carbocycles. The minimum atomic E-state index is -0.690. The van der Waals surface area contributed by atoms with Crippen LogP contribution in [0.25, 0.3) is 0 Å².